The third-order valence-electron chi connectivity index (χ3n) is 1.02. The Morgan fingerprint density at radius 1 is 1.67 bits per heavy atom. The maximum absolute atomic E-state index is 8.50. The van der Waals surface area contributed by atoms with Crippen LogP contribution in [0, 0.1) is 0 Å². The molecule has 0 aliphatic carbocycles. The second-order valence-corrected chi connectivity index (χ2v) is 3.84. The molecule has 12 heavy (non-hydrogen) atoms. The number of hydrogen-bond acceptors (Lipinski definition) is 6. The van der Waals surface area contributed by atoms with Gasteiger partial charge in [0.2, 0.25) is 0 Å². The van der Waals surface area contributed by atoms with Gasteiger partial charge < -0.3 is 5.73 Å². The first-order valence-electron chi connectivity index (χ1n) is 3.07. The third-order valence-corrected chi connectivity index (χ3v) is 1.94. The van der Waals surface area contributed by atoms with E-state index < -0.39 is 18.5 Å². The molecule has 0 saturated carbocycles. The van der Waals surface area contributed by atoms with Crippen molar-refractivity contribution in [2.75, 3.05) is 13.1 Å². The van der Waals surface area contributed by atoms with Crippen LogP contribution in [0.4, 0.5) is 0 Å². The first-order valence-corrected chi connectivity index (χ1v) is 5.89. The van der Waals surface area contributed by atoms with Crippen molar-refractivity contribution in [3.05, 3.63) is 5.73 Å². The molecule has 0 aromatic heterocycles. The molecule has 0 bridgehead atoms. The van der Waals surface area contributed by atoms with Crippen LogP contribution < -0.4 is 5.43 Å². The van der Waals surface area contributed by atoms with Gasteiger partial charge in [-0.1, -0.05) is 12.2 Å². The van der Waals surface area contributed by atoms with Crippen molar-refractivity contribution in [2.45, 2.75) is 6.42 Å². The Bertz CT molecular complexity index is 179. The summed E-state index contributed by atoms with van der Waals surface area (Å²) in [6, 6.07) is 0. The number of nitrogens with zero attached hydrogens (tertiary/aromatic N) is 1. The van der Waals surface area contributed by atoms with E-state index in [2.05, 4.69) is 17.6 Å². The van der Waals surface area contributed by atoms with E-state index >= 15 is 0 Å². The summed E-state index contributed by atoms with van der Waals surface area (Å²) in [7, 11) is 0. The van der Waals surface area contributed by atoms with Gasteiger partial charge in [0.1, 0.15) is 0 Å². The molecular weight excluding hydrogens is 282 g/mol. The molecule has 1 aliphatic rings. The van der Waals surface area contributed by atoms with Crippen LogP contribution in [0.25, 0.3) is 5.73 Å². The van der Waals surface area contributed by atoms with E-state index in [0.717, 1.165) is 19.5 Å². The van der Waals surface area contributed by atoms with E-state index in [1.54, 1.807) is 0 Å². The Morgan fingerprint density at radius 3 is 2.58 bits per heavy atom. The quantitative estimate of drug-likeness (QED) is 0.440. The first kappa shape index (κ1) is 12.4. The van der Waals surface area contributed by atoms with Gasteiger partial charge >= 0.3 is 25.3 Å². The van der Waals surface area contributed by atoms with E-state index in [1.807, 2.05) is 4.41 Å². The van der Waals surface area contributed by atoms with E-state index in [1.165, 1.54) is 11.9 Å². The fourth-order valence-corrected chi connectivity index (χ4v) is 1.53. The van der Waals surface area contributed by atoms with Crippen LogP contribution in [-0.4, -0.2) is 21.8 Å². The van der Waals surface area contributed by atoms with Crippen LogP contribution in [0.1, 0.15) is 6.42 Å². The van der Waals surface area contributed by atoms with Gasteiger partial charge in [-0.05, 0) is 22.7 Å². The molecule has 1 heterocycles. The van der Waals surface area contributed by atoms with Gasteiger partial charge in [-0.25, -0.2) is 5.43 Å². The van der Waals surface area contributed by atoms with Crippen LogP contribution in [0.3, 0.4) is 0 Å². The zero-order chi connectivity index (χ0) is 9.40. The van der Waals surface area contributed by atoms with Crippen molar-refractivity contribution in [1.29, 1.82) is 0 Å². The van der Waals surface area contributed by atoms with Crippen LogP contribution in [0.15, 0.2) is 0 Å². The van der Waals surface area contributed by atoms with Crippen LogP contribution in [0.2, 0.25) is 0 Å². The molecule has 0 amide bonds. The molecule has 5 nitrogen and oxygen atoms in total. The Labute approximate surface area is 88.7 Å². The predicted molar refractivity (Wildman–Crippen MR) is 45.2 cm³/mol. The minimum absolute atomic E-state index is 0.226. The Kier molecular flexibility index (Phi) is 8.37. The molecule has 0 spiro atoms. The molecule has 1 aliphatic heterocycles. The van der Waals surface area contributed by atoms with Crippen LogP contribution in [0.5, 0.6) is 0 Å². The SMILES string of the molecule is [NH-]C(=S)SN1CCCN1.[O]=[Mo]=[O]. The Hall–Kier alpha value is 0.448. The first-order chi connectivity index (χ1) is 5.70. The molecule has 1 rings (SSSR count). The van der Waals surface area contributed by atoms with Gasteiger partial charge in [0.05, 0.1) is 0 Å². The Balaban J connectivity index is 0.000000354. The summed E-state index contributed by atoms with van der Waals surface area (Å²) in [4.78, 5) is 0. The van der Waals surface area contributed by atoms with Crippen molar-refractivity contribution in [1.82, 2.24) is 9.84 Å². The molecule has 70 valence electrons. The normalized spacial score (nSPS) is 16.3. The molecule has 8 heteroatoms. The molecule has 0 radical (unpaired) electrons. The second kappa shape index (κ2) is 8.07. The summed E-state index contributed by atoms with van der Waals surface area (Å²) < 4.78 is 19.1. The molecule has 1 fully saturated rings. The summed E-state index contributed by atoms with van der Waals surface area (Å²) in [5.74, 6) is 0. The van der Waals surface area contributed by atoms with Crippen molar-refractivity contribution in [3.8, 4) is 0 Å². The van der Waals surface area contributed by atoms with Crippen molar-refractivity contribution in [2.24, 2.45) is 0 Å². The number of rotatable bonds is 1. The molecular formula is C4H8MoN3O2S2-. The summed E-state index contributed by atoms with van der Waals surface area (Å²) in [6.07, 6.45) is 1.15. The van der Waals surface area contributed by atoms with Gasteiger partial charge in [-0.2, -0.15) is 4.41 Å². The monoisotopic (exact) mass is 292 g/mol. The Morgan fingerprint density at radius 2 is 2.25 bits per heavy atom. The number of hydrazine groups is 1. The maximum atomic E-state index is 8.50. The minimum atomic E-state index is -2.03. The molecule has 0 unspecified atom stereocenters. The van der Waals surface area contributed by atoms with Crippen LogP contribution >= 0.6 is 24.2 Å². The predicted octanol–water partition coefficient (Wildman–Crippen LogP) is 0.942. The summed E-state index contributed by atoms with van der Waals surface area (Å²) in [6.45, 7) is 2.00. The second-order valence-electron chi connectivity index (χ2n) is 1.81. The van der Waals surface area contributed by atoms with Crippen molar-refractivity contribution >= 4 is 28.5 Å². The number of nitrogens with one attached hydrogen (secondary N) is 2. The van der Waals surface area contributed by atoms with E-state index in [4.69, 9.17) is 12.5 Å². The van der Waals surface area contributed by atoms with Gasteiger partial charge in [0.25, 0.3) is 0 Å². The fraction of sp³-hybridized carbons (Fsp3) is 0.750. The number of thiocarbonyl (C=S) groups is 1. The zero-order valence-corrected chi connectivity index (χ0v) is 9.75. The standard InChI is InChI=1S/C4H9N3S2.Mo.2O/c5-4(8)9-7-3-1-2-6-7;;;/h6H,1-3H2,(H2,5,8);;;/p-1. The van der Waals surface area contributed by atoms with Crippen LogP contribution in [-0.2, 0) is 25.3 Å². The van der Waals surface area contributed by atoms with Crippen molar-refractivity contribution in [3.63, 3.8) is 0 Å². The number of hydrogen-bond donors (Lipinski definition) is 1. The molecule has 0 aromatic rings. The summed E-state index contributed by atoms with van der Waals surface area (Å²) in [5.41, 5.74) is 10.0. The zero-order valence-electron chi connectivity index (χ0n) is 6.11. The summed E-state index contributed by atoms with van der Waals surface area (Å²) in [5, 5.41) is 0. The topological polar surface area (TPSA) is 73.2 Å². The summed E-state index contributed by atoms with van der Waals surface area (Å²) >= 11 is 3.83. The van der Waals surface area contributed by atoms with Gasteiger partial charge in [-0.3, -0.25) is 0 Å². The van der Waals surface area contributed by atoms with Gasteiger partial charge in [-0.15, -0.1) is 0 Å². The van der Waals surface area contributed by atoms with E-state index in [0.29, 0.717) is 0 Å². The third kappa shape index (κ3) is 7.12. The fourth-order valence-electron chi connectivity index (χ4n) is 0.683. The molecule has 0 aromatic carbocycles. The molecule has 1 saturated heterocycles. The van der Waals surface area contributed by atoms with E-state index in [-0.39, 0.29) is 4.32 Å². The molecule has 2 N–H and O–H groups in total. The average Bonchev–Trinajstić information content (AvgIpc) is 2.40. The van der Waals surface area contributed by atoms with E-state index in [9.17, 15) is 0 Å². The van der Waals surface area contributed by atoms with Crippen molar-refractivity contribution < 1.29 is 25.3 Å². The molecule has 0 atom stereocenters. The average molecular weight is 290 g/mol. The van der Waals surface area contributed by atoms with Gasteiger partial charge in [0.15, 0.2) is 0 Å². The van der Waals surface area contributed by atoms with Gasteiger partial charge in [0, 0.05) is 13.1 Å².